The molecular weight excluding hydrogens is 254 g/mol. The van der Waals surface area contributed by atoms with Gasteiger partial charge in [-0.2, -0.15) is 0 Å². The smallest absolute Gasteiger partial charge is 0.161 e. The summed E-state index contributed by atoms with van der Waals surface area (Å²) in [5.41, 5.74) is 2.45. The van der Waals surface area contributed by atoms with Crippen LogP contribution in [0.25, 0.3) is 5.57 Å². The van der Waals surface area contributed by atoms with Crippen LogP contribution in [0, 0.1) is 0 Å². The van der Waals surface area contributed by atoms with E-state index in [1.807, 2.05) is 6.07 Å². The maximum Gasteiger partial charge on any atom is 0.161 e. The van der Waals surface area contributed by atoms with Crippen LogP contribution in [-0.4, -0.2) is 40.0 Å². The summed E-state index contributed by atoms with van der Waals surface area (Å²) in [4.78, 5) is 0. The molecule has 0 spiro atoms. The van der Waals surface area contributed by atoms with Gasteiger partial charge in [-0.3, -0.25) is 0 Å². The van der Waals surface area contributed by atoms with Crippen molar-refractivity contribution in [3.8, 4) is 11.5 Å². The monoisotopic (exact) mass is 277 g/mol. The third-order valence-electron chi connectivity index (χ3n) is 3.25. The molecule has 1 aliphatic rings. The Morgan fingerprint density at radius 2 is 2.05 bits per heavy atom. The maximum atomic E-state index is 5.61. The first-order chi connectivity index (χ1) is 9.81. The maximum absolute atomic E-state index is 5.61. The highest BCUT2D eigenvalue weighted by atomic mass is 16.6. The van der Waals surface area contributed by atoms with Crippen LogP contribution in [0.2, 0.25) is 0 Å². The average Bonchev–Trinajstić information content (AvgIpc) is 2.50. The Kier molecular flexibility index (Phi) is 5.89. The van der Waals surface area contributed by atoms with Crippen LogP contribution < -0.4 is 14.8 Å². The topological polar surface area (TPSA) is 39.7 Å². The van der Waals surface area contributed by atoms with E-state index in [4.69, 9.17) is 14.2 Å². The van der Waals surface area contributed by atoms with Crippen molar-refractivity contribution in [3.63, 3.8) is 0 Å². The summed E-state index contributed by atoms with van der Waals surface area (Å²) >= 11 is 0. The number of nitrogens with one attached hydrogen (secondary N) is 1. The second kappa shape index (κ2) is 7.92. The molecule has 1 aromatic carbocycles. The minimum Gasteiger partial charge on any atom is -0.486 e. The van der Waals surface area contributed by atoms with E-state index in [-0.39, 0.29) is 0 Å². The molecule has 0 radical (unpaired) electrons. The predicted molar refractivity (Wildman–Crippen MR) is 80.4 cm³/mol. The molecule has 0 aromatic heterocycles. The summed E-state index contributed by atoms with van der Waals surface area (Å²) in [5, 5.41) is 3.33. The van der Waals surface area contributed by atoms with Gasteiger partial charge in [0, 0.05) is 13.7 Å². The molecule has 1 aliphatic heterocycles. The molecular formula is C16H23NO3. The fourth-order valence-corrected chi connectivity index (χ4v) is 2.10. The van der Waals surface area contributed by atoms with Crippen molar-refractivity contribution in [1.82, 2.24) is 5.32 Å². The molecule has 1 N–H and O–H groups in total. The minimum atomic E-state index is 0.628. The average molecular weight is 277 g/mol. The summed E-state index contributed by atoms with van der Waals surface area (Å²) < 4.78 is 16.1. The molecule has 1 heterocycles. The zero-order valence-corrected chi connectivity index (χ0v) is 12.3. The first-order valence-corrected chi connectivity index (χ1v) is 7.07. The van der Waals surface area contributed by atoms with Gasteiger partial charge in [-0.25, -0.2) is 0 Å². The first kappa shape index (κ1) is 14.9. The Morgan fingerprint density at radius 3 is 2.85 bits per heavy atom. The molecule has 2 rings (SSSR count). The van der Waals surface area contributed by atoms with Crippen molar-refractivity contribution in [1.29, 1.82) is 0 Å². The van der Waals surface area contributed by atoms with Crippen LogP contribution in [0.3, 0.4) is 0 Å². The fourth-order valence-electron chi connectivity index (χ4n) is 2.10. The van der Waals surface area contributed by atoms with Crippen LogP contribution in [0.4, 0.5) is 0 Å². The van der Waals surface area contributed by atoms with E-state index >= 15 is 0 Å². The lowest BCUT2D eigenvalue weighted by molar-refractivity contribution is 0.171. The summed E-state index contributed by atoms with van der Waals surface area (Å²) in [6.07, 6.45) is 3.25. The van der Waals surface area contributed by atoms with Gasteiger partial charge in [-0.1, -0.05) is 12.1 Å². The predicted octanol–water partition coefficient (Wildman–Crippen LogP) is 2.49. The van der Waals surface area contributed by atoms with Crippen molar-refractivity contribution in [2.75, 3.05) is 40.0 Å². The van der Waals surface area contributed by atoms with E-state index in [0.717, 1.165) is 37.6 Å². The van der Waals surface area contributed by atoms with E-state index in [0.29, 0.717) is 13.2 Å². The van der Waals surface area contributed by atoms with Crippen LogP contribution in [-0.2, 0) is 4.74 Å². The Balaban J connectivity index is 1.86. The van der Waals surface area contributed by atoms with Crippen LogP contribution in [0.1, 0.15) is 18.9 Å². The largest absolute Gasteiger partial charge is 0.486 e. The van der Waals surface area contributed by atoms with Crippen molar-refractivity contribution >= 4 is 5.57 Å². The van der Waals surface area contributed by atoms with Crippen molar-refractivity contribution in [2.45, 2.75) is 13.3 Å². The van der Waals surface area contributed by atoms with Crippen LogP contribution >= 0.6 is 0 Å². The normalized spacial score (nSPS) is 14.4. The SMILES string of the molecule is COCCNCCC=C(C)c1ccc2c(c1)OCCO2. The van der Waals surface area contributed by atoms with E-state index in [1.54, 1.807) is 7.11 Å². The quantitative estimate of drug-likeness (QED) is 0.777. The lowest BCUT2D eigenvalue weighted by Crippen LogP contribution is -2.19. The van der Waals surface area contributed by atoms with Crippen LogP contribution in [0.15, 0.2) is 24.3 Å². The summed E-state index contributed by atoms with van der Waals surface area (Å²) in [7, 11) is 1.72. The van der Waals surface area contributed by atoms with Crippen molar-refractivity contribution in [2.24, 2.45) is 0 Å². The number of fused-ring (bicyclic) bond motifs is 1. The number of rotatable bonds is 7. The van der Waals surface area contributed by atoms with Gasteiger partial charge in [0.1, 0.15) is 13.2 Å². The zero-order valence-electron chi connectivity index (χ0n) is 12.3. The van der Waals surface area contributed by atoms with Crippen molar-refractivity contribution in [3.05, 3.63) is 29.8 Å². The second-order valence-electron chi connectivity index (χ2n) is 4.78. The molecule has 1 aromatic rings. The highest BCUT2D eigenvalue weighted by Gasteiger charge is 2.11. The van der Waals surface area contributed by atoms with Gasteiger partial charge in [0.15, 0.2) is 11.5 Å². The number of benzene rings is 1. The van der Waals surface area contributed by atoms with Gasteiger partial charge >= 0.3 is 0 Å². The van der Waals surface area contributed by atoms with Crippen LogP contribution in [0.5, 0.6) is 11.5 Å². The lowest BCUT2D eigenvalue weighted by atomic mass is 10.1. The summed E-state index contributed by atoms with van der Waals surface area (Å²) in [6.45, 7) is 6.00. The second-order valence-corrected chi connectivity index (χ2v) is 4.78. The van der Waals surface area contributed by atoms with E-state index in [2.05, 4.69) is 30.4 Å². The Morgan fingerprint density at radius 1 is 1.25 bits per heavy atom. The number of hydrogen-bond acceptors (Lipinski definition) is 4. The lowest BCUT2D eigenvalue weighted by Gasteiger charge is -2.19. The molecule has 0 saturated heterocycles. The number of methoxy groups -OCH3 is 1. The van der Waals surface area contributed by atoms with E-state index < -0.39 is 0 Å². The Hall–Kier alpha value is -1.52. The molecule has 4 heteroatoms. The summed E-state index contributed by atoms with van der Waals surface area (Å²) in [5.74, 6) is 1.69. The molecule has 0 unspecified atom stereocenters. The molecule has 0 atom stereocenters. The molecule has 4 nitrogen and oxygen atoms in total. The molecule has 0 aliphatic carbocycles. The highest BCUT2D eigenvalue weighted by molar-refractivity contribution is 5.66. The van der Waals surface area contributed by atoms with Gasteiger partial charge in [0.05, 0.1) is 6.61 Å². The molecule has 0 fully saturated rings. The van der Waals surface area contributed by atoms with E-state index in [9.17, 15) is 0 Å². The first-order valence-electron chi connectivity index (χ1n) is 7.07. The van der Waals surface area contributed by atoms with Gasteiger partial charge in [0.25, 0.3) is 0 Å². The molecule has 0 saturated carbocycles. The van der Waals surface area contributed by atoms with Gasteiger partial charge < -0.3 is 19.5 Å². The van der Waals surface area contributed by atoms with Gasteiger partial charge in [0.2, 0.25) is 0 Å². The molecule has 110 valence electrons. The summed E-state index contributed by atoms with van der Waals surface area (Å²) in [6, 6.07) is 6.12. The van der Waals surface area contributed by atoms with E-state index in [1.165, 1.54) is 11.1 Å². The number of hydrogen-bond donors (Lipinski definition) is 1. The van der Waals surface area contributed by atoms with Gasteiger partial charge in [-0.05, 0) is 43.2 Å². The third kappa shape index (κ3) is 4.25. The minimum absolute atomic E-state index is 0.628. The highest BCUT2D eigenvalue weighted by Crippen LogP contribution is 2.32. The van der Waals surface area contributed by atoms with Gasteiger partial charge in [-0.15, -0.1) is 0 Å². The molecule has 0 bridgehead atoms. The third-order valence-corrected chi connectivity index (χ3v) is 3.25. The standard InChI is InChI=1S/C16H23NO3/c1-13(4-3-7-17-8-9-18-2)14-5-6-15-16(12-14)20-11-10-19-15/h4-6,12,17H,3,7-11H2,1-2H3. The Labute approximate surface area is 120 Å². The number of ether oxygens (including phenoxy) is 3. The zero-order chi connectivity index (χ0) is 14.2. The molecule has 0 amide bonds. The molecule has 20 heavy (non-hydrogen) atoms. The fraction of sp³-hybridized carbons (Fsp3) is 0.500. The number of allylic oxidation sites excluding steroid dienone is 1. The Bertz CT molecular complexity index is 457. The van der Waals surface area contributed by atoms with Crippen molar-refractivity contribution < 1.29 is 14.2 Å².